The van der Waals surface area contributed by atoms with Gasteiger partial charge in [-0.1, -0.05) is 17.7 Å². The van der Waals surface area contributed by atoms with Crippen molar-refractivity contribution in [2.75, 3.05) is 5.32 Å². The number of anilines is 1. The summed E-state index contributed by atoms with van der Waals surface area (Å²) in [6, 6.07) is 5.44. The van der Waals surface area contributed by atoms with Crippen LogP contribution >= 0.6 is 22.9 Å². The van der Waals surface area contributed by atoms with E-state index in [0.717, 1.165) is 16.1 Å². The molecule has 0 bridgehead atoms. The summed E-state index contributed by atoms with van der Waals surface area (Å²) in [4.78, 5) is 5.14. The SMILES string of the molecule is OCc1ccc(Cl)c(NCc2cncs2)c1. The van der Waals surface area contributed by atoms with Crippen molar-refractivity contribution in [1.82, 2.24) is 4.98 Å². The summed E-state index contributed by atoms with van der Waals surface area (Å²) in [5.41, 5.74) is 3.47. The van der Waals surface area contributed by atoms with E-state index in [1.165, 1.54) is 0 Å². The van der Waals surface area contributed by atoms with Gasteiger partial charge in [-0.2, -0.15) is 0 Å². The summed E-state index contributed by atoms with van der Waals surface area (Å²) in [5.74, 6) is 0. The number of hydrogen-bond acceptors (Lipinski definition) is 4. The average Bonchev–Trinajstić information content (AvgIpc) is 2.81. The van der Waals surface area contributed by atoms with Crippen molar-refractivity contribution in [3.63, 3.8) is 0 Å². The van der Waals surface area contributed by atoms with Gasteiger partial charge in [-0.25, -0.2) is 0 Å². The molecule has 0 saturated heterocycles. The Morgan fingerprint density at radius 3 is 3.00 bits per heavy atom. The second-order valence-electron chi connectivity index (χ2n) is 3.29. The monoisotopic (exact) mass is 254 g/mol. The second-order valence-corrected chi connectivity index (χ2v) is 4.67. The van der Waals surface area contributed by atoms with Gasteiger partial charge in [0.25, 0.3) is 0 Å². The third-order valence-corrected chi connectivity index (χ3v) is 3.26. The van der Waals surface area contributed by atoms with Gasteiger partial charge in [-0.3, -0.25) is 4.98 Å². The normalized spacial score (nSPS) is 10.4. The molecule has 0 amide bonds. The van der Waals surface area contributed by atoms with Crippen LogP contribution in [0.4, 0.5) is 5.69 Å². The van der Waals surface area contributed by atoms with E-state index in [1.54, 1.807) is 29.0 Å². The highest BCUT2D eigenvalue weighted by Crippen LogP contribution is 2.24. The first-order valence-corrected chi connectivity index (χ1v) is 6.06. The lowest BCUT2D eigenvalue weighted by molar-refractivity contribution is 0.282. The van der Waals surface area contributed by atoms with Crippen LogP contribution in [0.3, 0.4) is 0 Å². The summed E-state index contributed by atoms with van der Waals surface area (Å²) in [5, 5.41) is 12.9. The zero-order valence-corrected chi connectivity index (χ0v) is 10.1. The Kier molecular flexibility index (Phi) is 3.77. The number of nitrogens with zero attached hydrogens (tertiary/aromatic N) is 1. The molecule has 2 rings (SSSR count). The van der Waals surface area contributed by atoms with Crippen LogP contribution in [0.15, 0.2) is 29.9 Å². The van der Waals surface area contributed by atoms with E-state index in [4.69, 9.17) is 16.7 Å². The maximum absolute atomic E-state index is 9.03. The Balaban J connectivity index is 2.08. The van der Waals surface area contributed by atoms with E-state index in [9.17, 15) is 0 Å². The molecule has 16 heavy (non-hydrogen) atoms. The minimum atomic E-state index is 0.0202. The van der Waals surface area contributed by atoms with Crippen molar-refractivity contribution < 1.29 is 5.11 Å². The molecule has 0 aliphatic rings. The molecule has 2 aromatic rings. The fraction of sp³-hybridized carbons (Fsp3) is 0.182. The number of aliphatic hydroxyl groups excluding tert-OH is 1. The van der Waals surface area contributed by atoms with Gasteiger partial charge in [-0.15, -0.1) is 11.3 Å². The number of rotatable bonds is 4. The Hall–Kier alpha value is -1.10. The van der Waals surface area contributed by atoms with E-state index in [1.807, 2.05) is 12.3 Å². The molecule has 3 nitrogen and oxygen atoms in total. The fourth-order valence-corrected chi connectivity index (χ4v) is 2.04. The average molecular weight is 255 g/mol. The lowest BCUT2D eigenvalue weighted by Crippen LogP contribution is -1.99. The molecule has 5 heteroatoms. The first-order chi connectivity index (χ1) is 7.79. The lowest BCUT2D eigenvalue weighted by Gasteiger charge is -2.08. The molecular weight excluding hydrogens is 244 g/mol. The largest absolute Gasteiger partial charge is 0.392 e. The topological polar surface area (TPSA) is 45.1 Å². The third kappa shape index (κ3) is 2.72. The van der Waals surface area contributed by atoms with Crippen LogP contribution in [0.2, 0.25) is 5.02 Å². The van der Waals surface area contributed by atoms with Crippen molar-refractivity contribution >= 4 is 28.6 Å². The van der Waals surface area contributed by atoms with Gasteiger partial charge >= 0.3 is 0 Å². The minimum Gasteiger partial charge on any atom is -0.392 e. The summed E-state index contributed by atoms with van der Waals surface area (Å²) >= 11 is 7.63. The van der Waals surface area contributed by atoms with E-state index in [-0.39, 0.29) is 6.61 Å². The van der Waals surface area contributed by atoms with Gasteiger partial charge in [0.1, 0.15) is 0 Å². The number of aliphatic hydroxyl groups is 1. The molecule has 0 spiro atoms. The van der Waals surface area contributed by atoms with Gasteiger partial charge < -0.3 is 10.4 Å². The van der Waals surface area contributed by atoms with Crippen molar-refractivity contribution in [2.24, 2.45) is 0 Å². The summed E-state index contributed by atoms with van der Waals surface area (Å²) in [6.45, 7) is 0.714. The Bertz CT molecular complexity index is 459. The maximum Gasteiger partial charge on any atom is 0.0794 e. The van der Waals surface area contributed by atoms with Crippen LogP contribution in [-0.4, -0.2) is 10.1 Å². The predicted molar refractivity (Wildman–Crippen MR) is 66.8 cm³/mol. The third-order valence-electron chi connectivity index (χ3n) is 2.15. The van der Waals surface area contributed by atoms with Crippen LogP contribution in [0.1, 0.15) is 10.4 Å². The number of thiazole rings is 1. The van der Waals surface area contributed by atoms with E-state index < -0.39 is 0 Å². The van der Waals surface area contributed by atoms with Crippen LogP contribution < -0.4 is 5.32 Å². The van der Waals surface area contributed by atoms with Gasteiger partial charge in [0.05, 0.1) is 29.4 Å². The molecular formula is C11H11ClN2OS. The Morgan fingerprint density at radius 2 is 2.31 bits per heavy atom. The van der Waals surface area contributed by atoms with Crippen molar-refractivity contribution in [3.8, 4) is 0 Å². The van der Waals surface area contributed by atoms with Crippen LogP contribution in [0.5, 0.6) is 0 Å². The fourth-order valence-electron chi connectivity index (χ4n) is 1.32. The van der Waals surface area contributed by atoms with Crippen LogP contribution in [0, 0.1) is 0 Å². The number of halogens is 1. The highest BCUT2D eigenvalue weighted by atomic mass is 35.5. The maximum atomic E-state index is 9.03. The zero-order chi connectivity index (χ0) is 11.4. The Labute approximate surface area is 103 Å². The highest BCUT2D eigenvalue weighted by Gasteiger charge is 2.02. The van der Waals surface area contributed by atoms with Crippen molar-refractivity contribution in [2.45, 2.75) is 13.2 Å². The van der Waals surface area contributed by atoms with E-state index in [0.29, 0.717) is 11.6 Å². The quantitative estimate of drug-likeness (QED) is 0.882. The van der Waals surface area contributed by atoms with E-state index in [2.05, 4.69) is 10.3 Å². The van der Waals surface area contributed by atoms with Crippen LogP contribution in [-0.2, 0) is 13.2 Å². The van der Waals surface area contributed by atoms with Gasteiger partial charge in [0.2, 0.25) is 0 Å². The number of hydrogen-bond donors (Lipinski definition) is 2. The Morgan fingerprint density at radius 1 is 1.44 bits per heavy atom. The molecule has 0 aliphatic heterocycles. The standard InChI is InChI=1S/C11H11ClN2OS/c12-10-2-1-8(6-15)3-11(10)14-5-9-4-13-7-16-9/h1-4,7,14-15H,5-6H2. The molecule has 2 N–H and O–H groups in total. The molecule has 0 aliphatic carbocycles. The molecule has 0 fully saturated rings. The summed E-state index contributed by atoms with van der Waals surface area (Å²) in [7, 11) is 0. The molecule has 0 radical (unpaired) electrons. The first-order valence-electron chi connectivity index (χ1n) is 4.80. The second kappa shape index (κ2) is 5.30. The molecule has 1 aromatic carbocycles. The number of benzene rings is 1. The number of aromatic nitrogens is 1. The van der Waals surface area contributed by atoms with E-state index >= 15 is 0 Å². The molecule has 84 valence electrons. The highest BCUT2D eigenvalue weighted by molar-refractivity contribution is 7.09. The molecule has 0 atom stereocenters. The van der Waals surface area contributed by atoms with Gasteiger partial charge in [0.15, 0.2) is 0 Å². The van der Waals surface area contributed by atoms with Gasteiger partial charge in [-0.05, 0) is 17.7 Å². The smallest absolute Gasteiger partial charge is 0.0794 e. The van der Waals surface area contributed by atoms with Crippen molar-refractivity contribution in [3.05, 3.63) is 45.4 Å². The first kappa shape index (κ1) is 11.4. The molecule has 0 saturated carbocycles. The summed E-state index contributed by atoms with van der Waals surface area (Å²) < 4.78 is 0. The lowest BCUT2D eigenvalue weighted by atomic mass is 10.2. The molecule has 0 unspecified atom stereocenters. The minimum absolute atomic E-state index is 0.0202. The van der Waals surface area contributed by atoms with Crippen molar-refractivity contribution in [1.29, 1.82) is 0 Å². The zero-order valence-electron chi connectivity index (χ0n) is 8.48. The summed E-state index contributed by atoms with van der Waals surface area (Å²) in [6.07, 6.45) is 1.82. The van der Waals surface area contributed by atoms with Gasteiger partial charge in [0, 0.05) is 11.1 Å². The molecule has 1 aromatic heterocycles. The molecule has 1 heterocycles. The van der Waals surface area contributed by atoms with Crippen LogP contribution in [0.25, 0.3) is 0 Å². The predicted octanol–water partition coefficient (Wildman–Crippen LogP) is 2.90. The number of nitrogens with one attached hydrogen (secondary N) is 1.